The number of rotatable bonds is 7. The van der Waals surface area contributed by atoms with Gasteiger partial charge in [0.05, 0.1) is 24.4 Å². The second-order valence-corrected chi connectivity index (χ2v) is 9.85. The predicted molar refractivity (Wildman–Crippen MR) is 155 cm³/mol. The van der Waals surface area contributed by atoms with Gasteiger partial charge in [-0.05, 0) is 48.9 Å². The van der Waals surface area contributed by atoms with E-state index < -0.39 is 17.2 Å². The first-order chi connectivity index (χ1) is 20.0. The minimum Gasteiger partial charge on any atom is -0.462 e. The van der Waals surface area contributed by atoms with Crippen molar-refractivity contribution in [3.63, 3.8) is 0 Å². The molecule has 0 N–H and O–H groups in total. The van der Waals surface area contributed by atoms with Crippen LogP contribution in [0.4, 0.5) is 15.8 Å². The number of para-hydroxylation sites is 1. The van der Waals surface area contributed by atoms with Crippen molar-refractivity contribution in [2.24, 2.45) is 0 Å². The summed E-state index contributed by atoms with van der Waals surface area (Å²) in [6.45, 7) is 5.07. The van der Waals surface area contributed by atoms with Crippen LogP contribution in [-0.4, -0.2) is 58.1 Å². The first kappa shape index (κ1) is 26.2. The number of pyridine rings is 1. The maximum Gasteiger partial charge on any atom is 0.343 e. The van der Waals surface area contributed by atoms with Gasteiger partial charge in [-0.3, -0.25) is 4.79 Å². The molecule has 0 bridgehead atoms. The van der Waals surface area contributed by atoms with Gasteiger partial charge in [-0.15, -0.1) is 0 Å². The zero-order valence-electron chi connectivity index (χ0n) is 22.6. The summed E-state index contributed by atoms with van der Waals surface area (Å²) < 4.78 is 24.2. The molecule has 3 aromatic carbocycles. The monoisotopic (exact) mass is 552 g/mol. The number of nitrogens with zero attached hydrogens (tertiary/aromatic N) is 6. The second kappa shape index (κ2) is 11.2. The number of benzene rings is 3. The Morgan fingerprint density at radius 3 is 2.37 bits per heavy atom. The quantitative estimate of drug-likeness (QED) is 0.279. The van der Waals surface area contributed by atoms with Gasteiger partial charge in [0.25, 0.3) is 0 Å². The fraction of sp³-hybridized carbons (Fsp3) is 0.226. The molecule has 1 aliphatic heterocycles. The number of esters is 1. The third-order valence-corrected chi connectivity index (χ3v) is 7.33. The van der Waals surface area contributed by atoms with Gasteiger partial charge in [-0.25, -0.2) is 18.9 Å². The van der Waals surface area contributed by atoms with Gasteiger partial charge in [0, 0.05) is 49.1 Å². The summed E-state index contributed by atoms with van der Waals surface area (Å²) in [4.78, 5) is 34.4. The lowest BCUT2D eigenvalue weighted by molar-refractivity contribution is 0.0524. The van der Waals surface area contributed by atoms with Crippen LogP contribution >= 0.6 is 0 Å². The highest BCUT2D eigenvalue weighted by molar-refractivity contribution is 5.95. The number of fused-ring (bicyclic) bond motifs is 1. The van der Waals surface area contributed by atoms with E-state index in [1.807, 2.05) is 47.4 Å². The number of hydrogen-bond acceptors (Lipinski definition) is 7. The molecular formula is C31H29FN6O3. The molecule has 0 amide bonds. The van der Waals surface area contributed by atoms with Crippen LogP contribution in [0, 0.1) is 5.82 Å². The number of carbonyl (C=O) groups is 1. The Hall–Kier alpha value is -4.99. The maximum atomic E-state index is 15.6. The Balaban J connectivity index is 1.39. The molecule has 0 unspecified atom stereocenters. The largest absolute Gasteiger partial charge is 0.462 e. The first-order valence-electron chi connectivity index (χ1n) is 13.5. The number of carbonyl (C=O) groups excluding carboxylic acids is 1. The molecule has 5 aromatic rings. The first-order valence-corrected chi connectivity index (χ1v) is 13.5. The average Bonchev–Trinajstić information content (AvgIpc) is 3.52. The number of anilines is 2. The molecule has 41 heavy (non-hydrogen) atoms. The van der Waals surface area contributed by atoms with Crippen molar-refractivity contribution in [2.75, 3.05) is 42.6 Å². The van der Waals surface area contributed by atoms with Gasteiger partial charge >= 0.3 is 5.97 Å². The molecule has 0 aliphatic carbocycles. The van der Waals surface area contributed by atoms with Crippen molar-refractivity contribution in [1.82, 2.24) is 19.3 Å². The van der Waals surface area contributed by atoms with Gasteiger partial charge < -0.3 is 19.1 Å². The van der Waals surface area contributed by atoms with Crippen molar-refractivity contribution in [3.8, 4) is 5.69 Å². The number of piperazine rings is 1. The van der Waals surface area contributed by atoms with Crippen molar-refractivity contribution in [1.29, 1.82) is 0 Å². The summed E-state index contributed by atoms with van der Waals surface area (Å²) in [5, 5.41) is 4.26. The Kier molecular flexibility index (Phi) is 7.20. The molecule has 1 saturated heterocycles. The van der Waals surface area contributed by atoms with E-state index in [1.54, 1.807) is 28.6 Å². The van der Waals surface area contributed by atoms with Crippen LogP contribution in [0.2, 0.25) is 0 Å². The van der Waals surface area contributed by atoms with Crippen molar-refractivity contribution < 1.29 is 13.9 Å². The molecule has 0 saturated carbocycles. The Morgan fingerprint density at radius 1 is 0.951 bits per heavy atom. The molecule has 2 aromatic heterocycles. The van der Waals surface area contributed by atoms with Crippen molar-refractivity contribution >= 4 is 28.2 Å². The summed E-state index contributed by atoms with van der Waals surface area (Å²) in [5.74, 6) is -1.24. The average molecular weight is 553 g/mol. The number of aromatic nitrogens is 4. The summed E-state index contributed by atoms with van der Waals surface area (Å²) >= 11 is 0. The SMILES string of the molecule is CCOC(=O)c1cn(-c2ccc(Cn3cncn3)cc2)c2cc(N3CCN(c4ccccc4)CC3)c(F)cc2c1=O. The van der Waals surface area contributed by atoms with Gasteiger partial charge in [-0.2, -0.15) is 5.10 Å². The molecule has 9 nitrogen and oxygen atoms in total. The molecule has 0 atom stereocenters. The summed E-state index contributed by atoms with van der Waals surface area (Å²) in [6.07, 6.45) is 4.62. The lowest BCUT2D eigenvalue weighted by Gasteiger charge is -2.37. The minimum absolute atomic E-state index is 0.117. The van der Waals surface area contributed by atoms with Crippen LogP contribution < -0.4 is 15.2 Å². The summed E-state index contributed by atoms with van der Waals surface area (Å²) in [6, 6.07) is 20.8. The van der Waals surface area contributed by atoms with Crippen molar-refractivity contribution in [2.45, 2.75) is 13.5 Å². The highest BCUT2D eigenvalue weighted by atomic mass is 19.1. The van der Waals surface area contributed by atoms with Gasteiger partial charge in [-0.1, -0.05) is 30.3 Å². The number of ether oxygens (including phenoxy) is 1. The molecule has 0 spiro atoms. The fourth-order valence-electron chi connectivity index (χ4n) is 5.25. The molecular weight excluding hydrogens is 523 g/mol. The van der Waals surface area contributed by atoms with E-state index in [1.165, 1.54) is 18.6 Å². The number of halogens is 1. The number of hydrogen-bond donors (Lipinski definition) is 0. The molecule has 0 radical (unpaired) electrons. The summed E-state index contributed by atoms with van der Waals surface area (Å²) in [5.41, 5.74) is 3.08. The van der Waals surface area contributed by atoms with Crippen LogP contribution in [0.25, 0.3) is 16.6 Å². The van der Waals surface area contributed by atoms with Crippen LogP contribution in [-0.2, 0) is 11.3 Å². The lowest BCUT2D eigenvalue weighted by atomic mass is 10.1. The highest BCUT2D eigenvalue weighted by Gasteiger charge is 2.23. The van der Waals surface area contributed by atoms with E-state index in [0.717, 1.165) is 24.3 Å². The Morgan fingerprint density at radius 2 is 1.68 bits per heavy atom. The summed E-state index contributed by atoms with van der Waals surface area (Å²) in [7, 11) is 0. The van der Waals surface area contributed by atoms with E-state index in [0.29, 0.717) is 36.5 Å². The van der Waals surface area contributed by atoms with E-state index >= 15 is 4.39 Å². The van der Waals surface area contributed by atoms with Gasteiger partial charge in [0.15, 0.2) is 0 Å². The van der Waals surface area contributed by atoms with E-state index in [4.69, 9.17) is 4.74 Å². The maximum absolute atomic E-state index is 15.6. The van der Waals surface area contributed by atoms with Gasteiger partial charge in [0.2, 0.25) is 5.43 Å². The van der Waals surface area contributed by atoms with Crippen LogP contribution in [0.15, 0.2) is 90.4 Å². The second-order valence-electron chi connectivity index (χ2n) is 9.85. The van der Waals surface area contributed by atoms with Crippen LogP contribution in [0.1, 0.15) is 22.8 Å². The fourth-order valence-corrected chi connectivity index (χ4v) is 5.25. The third-order valence-electron chi connectivity index (χ3n) is 7.33. The molecule has 1 fully saturated rings. The van der Waals surface area contributed by atoms with Crippen molar-refractivity contribution in [3.05, 3.63) is 113 Å². The molecule has 1 aliphatic rings. The standard InChI is InChI=1S/C31H29FN6O3/c1-2-41-31(40)26-19-38(24-10-8-22(9-11-24)18-37-21-33-20-34-37)28-17-29(27(32)16-25(28)30(26)39)36-14-12-35(13-15-36)23-6-4-3-5-7-23/h3-11,16-17,19-21H,2,12-15,18H2,1H3. The normalized spacial score (nSPS) is 13.5. The zero-order valence-corrected chi connectivity index (χ0v) is 22.6. The van der Waals surface area contributed by atoms with Crippen LogP contribution in [0.3, 0.4) is 0 Å². The minimum atomic E-state index is -0.738. The zero-order chi connectivity index (χ0) is 28.3. The highest BCUT2D eigenvalue weighted by Crippen LogP contribution is 2.29. The van der Waals surface area contributed by atoms with E-state index in [-0.39, 0.29) is 17.6 Å². The Bertz CT molecular complexity index is 1730. The lowest BCUT2D eigenvalue weighted by Crippen LogP contribution is -2.46. The molecule has 10 heteroatoms. The molecule has 6 rings (SSSR count). The molecule has 208 valence electrons. The topological polar surface area (TPSA) is 85.5 Å². The van der Waals surface area contributed by atoms with Gasteiger partial charge in [0.1, 0.15) is 24.0 Å². The van der Waals surface area contributed by atoms with E-state index in [2.05, 4.69) is 27.1 Å². The smallest absolute Gasteiger partial charge is 0.343 e. The van der Waals surface area contributed by atoms with Crippen LogP contribution in [0.5, 0.6) is 0 Å². The predicted octanol–water partition coefficient (Wildman–Crippen LogP) is 4.27. The Labute approximate surface area is 236 Å². The van der Waals surface area contributed by atoms with E-state index in [9.17, 15) is 9.59 Å². The molecule has 3 heterocycles. The third kappa shape index (κ3) is 5.28.